The van der Waals surface area contributed by atoms with E-state index in [-0.39, 0.29) is 0 Å². The molecule has 90 valence electrons. The van der Waals surface area contributed by atoms with E-state index in [0.29, 0.717) is 11.8 Å². The third-order valence-electron chi connectivity index (χ3n) is 3.54. The Hall–Kier alpha value is -1.77. The van der Waals surface area contributed by atoms with Crippen molar-refractivity contribution in [2.24, 2.45) is 28.3 Å². The average Bonchev–Trinajstić information content (AvgIpc) is 2.29. The molecule has 0 saturated carbocycles. The van der Waals surface area contributed by atoms with Crippen LogP contribution in [0.15, 0.2) is 51.8 Å². The van der Waals surface area contributed by atoms with Crippen LogP contribution in [0.3, 0.4) is 0 Å². The lowest BCUT2D eigenvalue weighted by Gasteiger charge is -2.36. The van der Waals surface area contributed by atoms with Gasteiger partial charge in [-0.25, -0.2) is 0 Å². The van der Waals surface area contributed by atoms with Crippen molar-refractivity contribution in [3.8, 4) is 0 Å². The lowest BCUT2D eigenvalue weighted by Crippen LogP contribution is -2.34. The summed E-state index contributed by atoms with van der Waals surface area (Å²) in [6.07, 6.45) is 8.41. The largest absolute Gasteiger partial charge is 0.402 e. The molecule has 4 N–H and O–H groups in total. The Balaban J connectivity index is 2.38. The van der Waals surface area contributed by atoms with Crippen LogP contribution in [0.2, 0.25) is 0 Å². The number of hydrogen-bond acceptors (Lipinski definition) is 3. The summed E-state index contributed by atoms with van der Waals surface area (Å²) in [4.78, 5) is 4.38. The van der Waals surface area contributed by atoms with E-state index in [1.54, 1.807) is 0 Å². The van der Waals surface area contributed by atoms with E-state index >= 15 is 0 Å². The van der Waals surface area contributed by atoms with Crippen molar-refractivity contribution in [2.75, 3.05) is 7.05 Å². The molecule has 0 radical (unpaired) electrons. The van der Waals surface area contributed by atoms with Crippen LogP contribution in [0.5, 0.6) is 0 Å². The first-order valence-corrected chi connectivity index (χ1v) is 5.82. The van der Waals surface area contributed by atoms with E-state index in [1.807, 2.05) is 20.9 Å². The number of aliphatic imine (C=N–C) groups is 1. The van der Waals surface area contributed by atoms with Crippen LogP contribution < -0.4 is 11.5 Å². The highest BCUT2D eigenvalue weighted by Gasteiger charge is 2.35. The fourth-order valence-electron chi connectivity index (χ4n) is 2.35. The lowest BCUT2D eigenvalue weighted by molar-refractivity contribution is 0.536. The molecule has 2 atom stereocenters. The molecule has 2 aliphatic rings. The third-order valence-corrected chi connectivity index (χ3v) is 3.54. The minimum absolute atomic E-state index is 0.345. The Labute approximate surface area is 102 Å². The normalized spacial score (nSPS) is 28.8. The predicted octanol–water partition coefficient (Wildman–Crippen LogP) is 1.89. The number of nitrogens with two attached hydrogens (primary N) is 2. The molecule has 0 aliphatic heterocycles. The first kappa shape index (κ1) is 11.7. The standard InChI is InChI=1S/C14H19N3/c1-8(9(2)15)14(17-3)11-6-4-5-10-12(11)7-13(10)16/h4-7,10,12H,15-16H2,1-3H3. The van der Waals surface area contributed by atoms with E-state index in [2.05, 4.69) is 29.3 Å². The fourth-order valence-corrected chi connectivity index (χ4v) is 2.35. The summed E-state index contributed by atoms with van der Waals surface area (Å²) in [6, 6.07) is 0. The van der Waals surface area contributed by atoms with Gasteiger partial charge in [0.1, 0.15) is 0 Å². The summed E-state index contributed by atoms with van der Waals surface area (Å²) in [6.45, 7) is 3.92. The third kappa shape index (κ3) is 1.82. The molecule has 17 heavy (non-hydrogen) atoms. The highest BCUT2D eigenvalue weighted by Crippen LogP contribution is 2.40. The maximum atomic E-state index is 5.88. The Kier molecular flexibility index (Phi) is 2.92. The van der Waals surface area contributed by atoms with Gasteiger partial charge in [-0.1, -0.05) is 24.3 Å². The quantitative estimate of drug-likeness (QED) is 0.710. The summed E-state index contributed by atoms with van der Waals surface area (Å²) in [5, 5.41) is 0. The van der Waals surface area contributed by atoms with Crippen LogP contribution in [-0.2, 0) is 0 Å². The molecule has 0 bridgehead atoms. The van der Waals surface area contributed by atoms with Crippen LogP contribution in [0.25, 0.3) is 0 Å². The maximum Gasteiger partial charge on any atom is 0.0655 e. The second kappa shape index (κ2) is 4.24. The summed E-state index contributed by atoms with van der Waals surface area (Å²) in [7, 11) is 1.81. The molecule has 0 heterocycles. The molecule has 0 amide bonds. The fraction of sp³-hybridized carbons (Fsp3) is 0.357. The van der Waals surface area contributed by atoms with Gasteiger partial charge in [0, 0.05) is 30.3 Å². The number of rotatable bonds is 2. The molecule has 2 aliphatic carbocycles. The maximum absolute atomic E-state index is 5.88. The van der Waals surface area contributed by atoms with Crippen molar-refractivity contribution in [3.63, 3.8) is 0 Å². The monoisotopic (exact) mass is 229 g/mol. The molecular weight excluding hydrogens is 210 g/mol. The van der Waals surface area contributed by atoms with Crippen LogP contribution >= 0.6 is 0 Å². The van der Waals surface area contributed by atoms with Crippen LogP contribution in [0.1, 0.15) is 13.8 Å². The van der Waals surface area contributed by atoms with E-state index in [1.165, 1.54) is 5.57 Å². The van der Waals surface area contributed by atoms with E-state index in [9.17, 15) is 0 Å². The molecule has 3 heteroatoms. The second-order valence-corrected chi connectivity index (χ2v) is 4.61. The summed E-state index contributed by atoms with van der Waals surface area (Å²) in [5.74, 6) is 0.714. The van der Waals surface area contributed by atoms with Crippen LogP contribution in [-0.4, -0.2) is 12.8 Å². The number of allylic oxidation sites excluding steroid dienone is 7. The molecule has 0 aromatic rings. The first-order valence-electron chi connectivity index (χ1n) is 5.82. The van der Waals surface area contributed by atoms with Gasteiger partial charge < -0.3 is 11.5 Å². The molecule has 2 unspecified atom stereocenters. The van der Waals surface area contributed by atoms with Crippen molar-refractivity contribution in [1.29, 1.82) is 0 Å². The molecule has 0 spiro atoms. The molecule has 0 saturated heterocycles. The SMILES string of the molecule is CN=C(C1=CC=CC2C(N)=CC12)C(C)=C(C)N. The Bertz CT molecular complexity index is 486. The van der Waals surface area contributed by atoms with Gasteiger partial charge >= 0.3 is 0 Å². The van der Waals surface area contributed by atoms with Gasteiger partial charge in [-0.3, -0.25) is 4.99 Å². The topological polar surface area (TPSA) is 64.4 Å². The van der Waals surface area contributed by atoms with Crippen LogP contribution in [0.4, 0.5) is 0 Å². The van der Waals surface area contributed by atoms with Crippen molar-refractivity contribution in [3.05, 3.63) is 46.8 Å². The molecule has 2 rings (SSSR count). The number of hydrogen-bond donors (Lipinski definition) is 2. The van der Waals surface area contributed by atoms with Crippen molar-refractivity contribution < 1.29 is 0 Å². The summed E-state index contributed by atoms with van der Waals surface area (Å²) >= 11 is 0. The zero-order valence-corrected chi connectivity index (χ0v) is 10.6. The number of nitrogens with zero attached hydrogens (tertiary/aromatic N) is 1. The molecule has 0 fully saturated rings. The Morgan fingerprint density at radius 3 is 2.53 bits per heavy atom. The van der Waals surface area contributed by atoms with Gasteiger partial charge in [-0.05, 0) is 25.0 Å². The summed E-state index contributed by atoms with van der Waals surface area (Å²) in [5.41, 5.74) is 16.8. The van der Waals surface area contributed by atoms with Gasteiger partial charge in [0.15, 0.2) is 0 Å². The van der Waals surface area contributed by atoms with E-state index in [4.69, 9.17) is 11.5 Å². The van der Waals surface area contributed by atoms with Crippen LogP contribution in [0, 0.1) is 11.8 Å². The second-order valence-electron chi connectivity index (χ2n) is 4.61. The Morgan fingerprint density at radius 2 is 2.00 bits per heavy atom. The predicted molar refractivity (Wildman–Crippen MR) is 72.4 cm³/mol. The van der Waals surface area contributed by atoms with E-state index < -0.39 is 0 Å². The Morgan fingerprint density at radius 1 is 1.29 bits per heavy atom. The first-order chi connectivity index (χ1) is 8.06. The van der Waals surface area contributed by atoms with E-state index in [0.717, 1.165) is 22.7 Å². The summed E-state index contributed by atoms with van der Waals surface area (Å²) < 4.78 is 0. The minimum atomic E-state index is 0.345. The van der Waals surface area contributed by atoms with Gasteiger partial charge in [0.2, 0.25) is 0 Å². The van der Waals surface area contributed by atoms with Gasteiger partial charge in [0.05, 0.1) is 5.71 Å². The molecule has 3 nitrogen and oxygen atoms in total. The molecule has 0 aromatic heterocycles. The lowest BCUT2D eigenvalue weighted by atomic mass is 9.70. The van der Waals surface area contributed by atoms with Crippen molar-refractivity contribution >= 4 is 5.71 Å². The van der Waals surface area contributed by atoms with Gasteiger partial charge in [0.25, 0.3) is 0 Å². The number of fused-ring (bicyclic) bond motifs is 1. The minimum Gasteiger partial charge on any atom is -0.402 e. The average molecular weight is 229 g/mol. The highest BCUT2D eigenvalue weighted by atomic mass is 14.7. The zero-order valence-electron chi connectivity index (χ0n) is 10.6. The van der Waals surface area contributed by atoms with Crippen molar-refractivity contribution in [1.82, 2.24) is 0 Å². The molecule has 0 aromatic carbocycles. The van der Waals surface area contributed by atoms with Gasteiger partial charge in [-0.2, -0.15) is 0 Å². The van der Waals surface area contributed by atoms with Crippen molar-refractivity contribution in [2.45, 2.75) is 13.8 Å². The highest BCUT2D eigenvalue weighted by molar-refractivity contribution is 6.13. The molecular formula is C14H19N3. The smallest absolute Gasteiger partial charge is 0.0655 e. The van der Waals surface area contributed by atoms with Gasteiger partial charge in [-0.15, -0.1) is 0 Å². The zero-order chi connectivity index (χ0) is 12.6.